The SMILES string of the molecule is C=C(CCc1ccc(CC)cc1)C(=C)C(/N=C\C)=C(/C)N=C(C)C. The lowest BCUT2D eigenvalue weighted by molar-refractivity contribution is 0.947. The number of rotatable bonds is 8. The largest absolute Gasteiger partial charge is 0.261 e. The molecule has 2 nitrogen and oxygen atoms in total. The summed E-state index contributed by atoms with van der Waals surface area (Å²) in [5, 5.41) is 0. The summed E-state index contributed by atoms with van der Waals surface area (Å²) in [6.45, 7) is 18.4. The van der Waals surface area contributed by atoms with Crippen LogP contribution in [0.3, 0.4) is 0 Å². The van der Waals surface area contributed by atoms with Crippen molar-refractivity contribution in [3.8, 4) is 0 Å². The molecule has 0 atom stereocenters. The zero-order valence-corrected chi connectivity index (χ0v) is 15.8. The fraction of sp³-hybridized carbons (Fsp3) is 0.364. The molecule has 0 radical (unpaired) electrons. The summed E-state index contributed by atoms with van der Waals surface area (Å²) >= 11 is 0. The minimum absolute atomic E-state index is 0.824. The summed E-state index contributed by atoms with van der Waals surface area (Å²) in [7, 11) is 0. The topological polar surface area (TPSA) is 24.7 Å². The van der Waals surface area contributed by atoms with Gasteiger partial charge in [-0.25, -0.2) is 0 Å². The molecule has 128 valence electrons. The average Bonchev–Trinajstić information content (AvgIpc) is 2.56. The molecule has 1 aromatic rings. The molecule has 0 N–H and O–H groups in total. The molecule has 24 heavy (non-hydrogen) atoms. The summed E-state index contributed by atoms with van der Waals surface area (Å²) < 4.78 is 0. The molecule has 0 saturated heterocycles. The second-order valence-corrected chi connectivity index (χ2v) is 6.13. The van der Waals surface area contributed by atoms with Gasteiger partial charge in [0.25, 0.3) is 0 Å². The predicted molar refractivity (Wildman–Crippen MR) is 108 cm³/mol. The monoisotopic (exact) mass is 322 g/mol. The van der Waals surface area contributed by atoms with Crippen LogP contribution in [0.25, 0.3) is 0 Å². The van der Waals surface area contributed by atoms with E-state index in [1.165, 1.54) is 11.1 Å². The van der Waals surface area contributed by atoms with Gasteiger partial charge in [-0.05, 0) is 69.2 Å². The molecule has 0 aliphatic heterocycles. The van der Waals surface area contributed by atoms with Gasteiger partial charge in [-0.2, -0.15) is 0 Å². The Balaban J connectivity index is 2.84. The lowest BCUT2D eigenvalue weighted by atomic mass is 9.97. The Morgan fingerprint density at radius 1 is 1.04 bits per heavy atom. The summed E-state index contributed by atoms with van der Waals surface area (Å²) in [6.07, 6.45) is 4.68. The lowest BCUT2D eigenvalue weighted by Gasteiger charge is -2.12. The molecule has 0 amide bonds. The van der Waals surface area contributed by atoms with Crippen molar-refractivity contribution >= 4 is 11.9 Å². The molecule has 2 heteroatoms. The Morgan fingerprint density at radius 3 is 2.12 bits per heavy atom. The number of benzene rings is 1. The second-order valence-electron chi connectivity index (χ2n) is 6.13. The van der Waals surface area contributed by atoms with Crippen LogP contribution in [-0.4, -0.2) is 11.9 Å². The van der Waals surface area contributed by atoms with E-state index in [1.54, 1.807) is 6.21 Å². The molecule has 0 bridgehead atoms. The highest BCUT2D eigenvalue weighted by atomic mass is 14.8. The molecular formula is C22H30N2. The van der Waals surface area contributed by atoms with Crippen LogP contribution in [0.5, 0.6) is 0 Å². The summed E-state index contributed by atoms with van der Waals surface area (Å²) in [4.78, 5) is 8.98. The van der Waals surface area contributed by atoms with Gasteiger partial charge < -0.3 is 0 Å². The van der Waals surface area contributed by atoms with Crippen LogP contribution in [0.1, 0.15) is 52.2 Å². The van der Waals surface area contributed by atoms with Gasteiger partial charge in [0.05, 0.1) is 11.4 Å². The molecule has 0 unspecified atom stereocenters. The van der Waals surface area contributed by atoms with Crippen molar-refractivity contribution in [2.24, 2.45) is 9.98 Å². The fourth-order valence-electron chi connectivity index (χ4n) is 2.46. The maximum absolute atomic E-state index is 4.52. The van der Waals surface area contributed by atoms with Gasteiger partial charge in [0.1, 0.15) is 0 Å². The first-order valence-corrected chi connectivity index (χ1v) is 8.55. The van der Waals surface area contributed by atoms with Crippen molar-refractivity contribution < 1.29 is 0 Å². The van der Waals surface area contributed by atoms with E-state index in [9.17, 15) is 0 Å². The third kappa shape index (κ3) is 6.11. The van der Waals surface area contributed by atoms with Gasteiger partial charge in [-0.1, -0.05) is 44.3 Å². The van der Waals surface area contributed by atoms with Crippen molar-refractivity contribution in [2.75, 3.05) is 0 Å². The molecule has 0 aliphatic rings. The molecule has 0 saturated carbocycles. The molecule has 1 rings (SSSR count). The number of hydrogen-bond acceptors (Lipinski definition) is 2. The molecule has 0 aliphatic carbocycles. The third-order valence-electron chi connectivity index (χ3n) is 3.85. The molecule has 1 aromatic carbocycles. The Morgan fingerprint density at radius 2 is 1.62 bits per heavy atom. The van der Waals surface area contributed by atoms with Crippen LogP contribution in [0.2, 0.25) is 0 Å². The predicted octanol–water partition coefficient (Wildman–Crippen LogP) is 6.10. The van der Waals surface area contributed by atoms with E-state index in [0.717, 1.165) is 47.5 Å². The van der Waals surface area contributed by atoms with Gasteiger partial charge in [0, 0.05) is 11.9 Å². The highest BCUT2D eigenvalue weighted by molar-refractivity contribution is 5.80. The van der Waals surface area contributed by atoms with Gasteiger partial charge >= 0.3 is 0 Å². The van der Waals surface area contributed by atoms with Gasteiger partial charge in [-0.3, -0.25) is 9.98 Å². The third-order valence-corrected chi connectivity index (χ3v) is 3.85. The maximum atomic E-state index is 4.52. The van der Waals surface area contributed by atoms with Gasteiger partial charge in [0.15, 0.2) is 0 Å². The minimum Gasteiger partial charge on any atom is -0.261 e. The van der Waals surface area contributed by atoms with E-state index in [1.807, 2.05) is 27.7 Å². The van der Waals surface area contributed by atoms with Gasteiger partial charge in [-0.15, -0.1) is 0 Å². The number of nitrogens with zero attached hydrogens (tertiary/aromatic N) is 2. The fourth-order valence-corrected chi connectivity index (χ4v) is 2.46. The lowest BCUT2D eigenvalue weighted by Crippen LogP contribution is -1.97. The molecule has 0 spiro atoms. The normalized spacial score (nSPS) is 12.0. The van der Waals surface area contributed by atoms with E-state index in [-0.39, 0.29) is 0 Å². The van der Waals surface area contributed by atoms with Crippen molar-refractivity contribution in [2.45, 2.75) is 53.9 Å². The molecular weight excluding hydrogens is 292 g/mol. The standard InChI is InChI=1S/C22H30N2/c1-8-20-12-14-21(15-13-20)11-10-17(5)18(6)22(23-9-2)19(7)24-16(3)4/h9,12-15H,5-6,8,10-11H2,1-4,7H3/b22-19+,23-9-. The Kier molecular flexibility index (Phi) is 8.11. The number of allylic oxidation sites excluding steroid dienone is 2. The Bertz CT molecular complexity index is 666. The first kappa shape index (κ1) is 19.8. The number of hydrogen-bond donors (Lipinski definition) is 0. The van der Waals surface area contributed by atoms with E-state index >= 15 is 0 Å². The van der Waals surface area contributed by atoms with Crippen LogP contribution in [0, 0.1) is 0 Å². The van der Waals surface area contributed by atoms with Crippen molar-refractivity contribution in [3.63, 3.8) is 0 Å². The van der Waals surface area contributed by atoms with Gasteiger partial charge in [0.2, 0.25) is 0 Å². The van der Waals surface area contributed by atoms with Crippen molar-refractivity contribution in [1.29, 1.82) is 0 Å². The molecule has 0 aromatic heterocycles. The number of aliphatic imine (C=N–C) groups is 2. The first-order valence-electron chi connectivity index (χ1n) is 8.55. The van der Waals surface area contributed by atoms with Crippen LogP contribution in [-0.2, 0) is 12.8 Å². The van der Waals surface area contributed by atoms with E-state index in [4.69, 9.17) is 0 Å². The summed E-state index contributed by atoms with van der Waals surface area (Å²) in [5.41, 5.74) is 7.29. The first-order chi connectivity index (χ1) is 11.4. The molecule has 0 fully saturated rings. The Hall–Kier alpha value is -2.22. The van der Waals surface area contributed by atoms with Crippen LogP contribution < -0.4 is 0 Å². The van der Waals surface area contributed by atoms with E-state index in [0.29, 0.717) is 0 Å². The van der Waals surface area contributed by atoms with Crippen LogP contribution in [0.4, 0.5) is 0 Å². The Labute approximate surface area is 147 Å². The highest BCUT2D eigenvalue weighted by Crippen LogP contribution is 2.25. The second kappa shape index (κ2) is 9.82. The van der Waals surface area contributed by atoms with Crippen LogP contribution >= 0.6 is 0 Å². The zero-order valence-electron chi connectivity index (χ0n) is 15.8. The van der Waals surface area contributed by atoms with Crippen molar-refractivity contribution in [3.05, 3.63) is 71.1 Å². The van der Waals surface area contributed by atoms with E-state index < -0.39 is 0 Å². The summed E-state index contributed by atoms with van der Waals surface area (Å²) in [6, 6.07) is 8.79. The quantitative estimate of drug-likeness (QED) is 0.408. The number of aryl methyl sites for hydroxylation is 2. The maximum Gasteiger partial charge on any atom is 0.0906 e. The van der Waals surface area contributed by atoms with E-state index in [2.05, 4.69) is 54.3 Å². The minimum atomic E-state index is 0.824. The van der Waals surface area contributed by atoms with Crippen LogP contribution in [0.15, 0.2) is 69.9 Å². The highest BCUT2D eigenvalue weighted by Gasteiger charge is 2.09. The molecule has 0 heterocycles. The van der Waals surface area contributed by atoms with Crippen molar-refractivity contribution in [1.82, 2.24) is 0 Å². The average molecular weight is 322 g/mol. The zero-order chi connectivity index (χ0) is 18.1. The summed E-state index contributed by atoms with van der Waals surface area (Å²) in [5.74, 6) is 0. The smallest absolute Gasteiger partial charge is 0.0906 e.